The van der Waals surface area contributed by atoms with Crippen LogP contribution in [0.2, 0.25) is 0 Å². The van der Waals surface area contributed by atoms with Gasteiger partial charge >= 0.3 is 0 Å². The second kappa shape index (κ2) is 12.7. The minimum absolute atomic E-state index is 0.00893. The summed E-state index contributed by atoms with van der Waals surface area (Å²) in [6.45, 7) is 0.329. The summed E-state index contributed by atoms with van der Waals surface area (Å²) in [7, 11) is 1.81. The summed E-state index contributed by atoms with van der Waals surface area (Å²) in [5.41, 5.74) is 5.36. The van der Waals surface area contributed by atoms with E-state index >= 15 is 0 Å². The van der Waals surface area contributed by atoms with Crippen LogP contribution in [0.15, 0.2) is 84.1 Å². The Labute approximate surface area is 246 Å². The van der Waals surface area contributed by atoms with Gasteiger partial charge in [-0.25, -0.2) is 9.67 Å². The number of aryl methyl sites for hydroxylation is 1. The van der Waals surface area contributed by atoms with Crippen molar-refractivity contribution >= 4 is 28.7 Å². The fourth-order valence-electron chi connectivity index (χ4n) is 4.67. The number of thioether (sulfide) groups is 1. The summed E-state index contributed by atoms with van der Waals surface area (Å²) >= 11 is 1.53. The highest BCUT2D eigenvalue weighted by Gasteiger charge is 2.32. The smallest absolute Gasteiger partial charge is 0.271 e. The number of carbonyl (C=O) groups is 1. The highest BCUT2D eigenvalue weighted by Crippen LogP contribution is 2.39. The van der Waals surface area contributed by atoms with E-state index in [0.717, 1.165) is 27.8 Å². The van der Waals surface area contributed by atoms with Gasteiger partial charge in [-0.2, -0.15) is 0 Å². The van der Waals surface area contributed by atoms with Gasteiger partial charge < -0.3 is 19.9 Å². The molecule has 0 bridgehead atoms. The van der Waals surface area contributed by atoms with Gasteiger partial charge in [0.05, 0.1) is 36.0 Å². The lowest BCUT2D eigenvalue weighted by molar-refractivity contribution is -0.245. The molecular weight excluding hydrogens is 554 g/mol. The zero-order valence-electron chi connectivity index (χ0n) is 22.8. The predicted octanol–water partition coefficient (Wildman–Crippen LogP) is 3.91. The van der Waals surface area contributed by atoms with E-state index in [-0.39, 0.29) is 30.4 Å². The summed E-state index contributed by atoms with van der Waals surface area (Å²) in [4.78, 5) is 21.4. The van der Waals surface area contributed by atoms with E-state index in [9.17, 15) is 9.90 Å². The van der Waals surface area contributed by atoms with Crippen LogP contribution in [0.25, 0.3) is 11.0 Å². The summed E-state index contributed by atoms with van der Waals surface area (Å²) < 4.78 is 14.5. The molecule has 1 amide bonds. The summed E-state index contributed by atoms with van der Waals surface area (Å²) in [6.07, 6.45) is 1.26. The van der Waals surface area contributed by atoms with Crippen molar-refractivity contribution < 1.29 is 19.4 Å². The number of carbonyl (C=O) groups excluding carboxylic acids is 1. The molecule has 3 aromatic carbocycles. The second-order valence-electron chi connectivity index (χ2n) is 9.91. The molecule has 0 aliphatic carbocycles. The number of para-hydroxylation sites is 2. The number of tetrazole rings is 1. The Kier molecular flexibility index (Phi) is 8.47. The summed E-state index contributed by atoms with van der Waals surface area (Å²) in [5.74, 6) is 0.367. The summed E-state index contributed by atoms with van der Waals surface area (Å²) in [5, 5.41) is 24.7. The van der Waals surface area contributed by atoms with Gasteiger partial charge in [-0.1, -0.05) is 72.4 Å². The van der Waals surface area contributed by atoms with Crippen LogP contribution >= 0.6 is 11.8 Å². The standard InChI is InChI=1S/C30H29N7O4S/c1-37-30(34-35-36-37)42-18-23-14-27(21-10-8-20(17-38)9-11-21)41-29(40-23)22-12-6-19(7-13-22)15-32-28(39)26-16-31-24-4-2-3-5-25(24)33-26/h2-13,16,23,27,29,38H,14-15,17-18H2,1H3,(H,32,39)/t23-,27+,29+/m0/s1. The van der Waals surface area contributed by atoms with Crippen LogP contribution in [0.5, 0.6) is 0 Å². The molecule has 11 nitrogen and oxygen atoms in total. The van der Waals surface area contributed by atoms with Crippen LogP contribution in [0.1, 0.15) is 51.6 Å². The highest BCUT2D eigenvalue weighted by atomic mass is 32.2. The molecule has 1 fully saturated rings. The van der Waals surface area contributed by atoms with Crippen LogP contribution in [0.4, 0.5) is 0 Å². The molecule has 5 aromatic rings. The number of nitrogens with one attached hydrogen (secondary N) is 1. The highest BCUT2D eigenvalue weighted by molar-refractivity contribution is 7.99. The van der Waals surface area contributed by atoms with Crippen molar-refractivity contribution in [3.63, 3.8) is 0 Å². The average Bonchev–Trinajstić information content (AvgIpc) is 3.46. The lowest BCUT2D eigenvalue weighted by atomic mass is 10.0. The van der Waals surface area contributed by atoms with Crippen molar-refractivity contribution in [3.05, 3.63) is 107 Å². The van der Waals surface area contributed by atoms with Crippen molar-refractivity contribution in [1.82, 2.24) is 35.5 Å². The number of hydrogen-bond acceptors (Lipinski definition) is 10. The topological polar surface area (TPSA) is 137 Å². The zero-order chi connectivity index (χ0) is 28.9. The summed E-state index contributed by atoms with van der Waals surface area (Å²) in [6, 6.07) is 23.0. The quantitative estimate of drug-likeness (QED) is 0.246. The Bertz CT molecular complexity index is 1660. The van der Waals surface area contributed by atoms with Crippen molar-refractivity contribution in [1.29, 1.82) is 0 Å². The van der Waals surface area contributed by atoms with Crippen LogP contribution in [0, 0.1) is 0 Å². The van der Waals surface area contributed by atoms with E-state index in [4.69, 9.17) is 9.47 Å². The number of hydrogen-bond donors (Lipinski definition) is 2. The number of rotatable bonds is 9. The van der Waals surface area contributed by atoms with E-state index in [0.29, 0.717) is 29.4 Å². The van der Waals surface area contributed by atoms with Crippen molar-refractivity contribution in [3.8, 4) is 0 Å². The largest absolute Gasteiger partial charge is 0.392 e. The molecule has 1 aliphatic rings. The molecule has 0 radical (unpaired) electrons. The van der Waals surface area contributed by atoms with Crippen LogP contribution < -0.4 is 5.32 Å². The average molecular weight is 584 g/mol. The van der Waals surface area contributed by atoms with E-state index in [1.54, 1.807) is 11.7 Å². The first kappa shape index (κ1) is 27.9. The van der Waals surface area contributed by atoms with Gasteiger partial charge in [-0.3, -0.25) is 9.78 Å². The molecule has 2 N–H and O–H groups in total. The van der Waals surface area contributed by atoms with Crippen molar-refractivity contribution in [2.45, 2.75) is 43.2 Å². The maximum absolute atomic E-state index is 12.7. The maximum atomic E-state index is 12.7. The van der Waals surface area contributed by atoms with Gasteiger partial charge in [-0.15, -0.1) is 5.10 Å². The van der Waals surface area contributed by atoms with Crippen molar-refractivity contribution in [2.24, 2.45) is 7.05 Å². The van der Waals surface area contributed by atoms with E-state index in [1.165, 1.54) is 18.0 Å². The molecular formula is C30H29N7O4S. The molecule has 1 saturated heterocycles. The molecule has 1 aliphatic heterocycles. The van der Waals surface area contributed by atoms with E-state index in [1.807, 2.05) is 72.8 Å². The first-order valence-corrected chi connectivity index (χ1v) is 14.5. The monoisotopic (exact) mass is 583 g/mol. The molecule has 6 rings (SSSR count). The van der Waals surface area contributed by atoms with E-state index < -0.39 is 6.29 Å². The van der Waals surface area contributed by atoms with Crippen LogP contribution in [-0.2, 0) is 29.7 Å². The Morgan fingerprint density at radius 1 is 1.00 bits per heavy atom. The molecule has 0 unspecified atom stereocenters. The fraction of sp³-hybridized carbons (Fsp3) is 0.267. The number of ether oxygens (including phenoxy) is 2. The van der Waals surface area contributed by atoms with Gasteiger partial charge in [-0.05, 0) is 39.2 Å². The minimum Gasteiger partial charge on any atom is -0.392 e. The Morgan fingerprint density at radius 3 is 2.48 bits per heavy atom. The molecule has 3 atom stereocenters. The van der Waals surface area contributed by atoms with Gasteiger partial charge in [0, 0.05) is 31.3 Å². The molecule has 214 valence electrons. The molecule has 2 aromatic heterocycles. The van der Waals surface area contributed by atoms with E-state index in [2.05, 4.69) is 30.8 Å². The van der Waals surface area contributed by atoms with Crippen LogP contribution in [0.3, 0.4) is 0 Å². The third-order valence-corrected chi connectivity index (χ3v) is 8.12. The van der Waals surface area contributed by atoms with Crippen molar-refractivity contribution in [2.75, 3.05) is 5.75 Å². The molecule has 0 saturated carbocycles. The molecule has 3 heterocycles. The van der Waals surface area contributed by atoms with Gasteiger partial charge in [0.25, 0.3) is 5.91 Å². The SMILES string of the molecule is Cn1nnnc1SC[C@@H]1C[C@H](c2ccc(CO)cc2)O[C@H](c2ccc(CNC(=O)c3cnc4ccccc4n3)cc2)O1. The molecule has 12 heteroatoms. The second-order valence-corrected chi connectivity index (χ2v) is 10.9. The van der Waals surface area contributed by atoms with Gasteiger partial charge in [0.2, 0.25) is 5.16 Å². The maximum Gasteiger partial charge on any atom is 0.271 e. The number of fused-ring (bicyclic) bond motifs is 1. The van der Waals surface area contributed by atoms with Gasteiger partial charge in [0.1, 0.15) is 5.69 Å². The van der Waals surface area contributed by atoms with Gasteiger partial charge in [0.15, 0.2) is 6.29 Å². The number of aromatic nitrogens is 6. The third kappa shape index (κ3) is 6.47. The third-order valence-electron chi connectivity index (χ3n) is 6.98. The first-order valence-electron chi connectivity index (χ1n) is 13.5. The number of benzene rings is 3. The number of aliphatic hydroxyl groups excluding tert-OH is 1. The Morgan fingerprint density at radius 2 is 1.74 bits per heavy atom. The normalized spacial score (nSPS) is 18.7. The Hall–Kier alpha value is -4.23. The Balaban J connectivity index is 1.13. The zero-order valence-corrected chi connectivity index (χ0v) is 23.6. The fourth-order valence-corrected chi connectivity index (χ4v) is 5.53. The first-order chi connectivity index (χ1) is 20.6. The molecule has 0 spiro atoms. The lowest BCUT2D eigenvalue weighted by Gasteiger charge is -2.36. The minimum atomic E-state index is -0.582. The lowest BCUT2D eigenvalue weighted by Crippen LogP contribution is -2.31. The molecule has 42 heavy (non-hydrogen) atoms. The number of aliphatic hydroxyl groups is 1. The number of amides is 1. The predicted molar refractivity (Wildman–Crippen MR) is 155 cm³/mol. The van der Waals surface area contributed by atoms with Crippen LogP contribution in [-0.4, -0.2) is 53.0 Å². The number of nitrogens with zero attached hydrogens (tertiary/aromatic N) is 6.